The molecule has 0 radical (unpaired) electrons. The van der Waals surface area contributed by atoms with Crippen LogP contribution in [0.1, 0.15) is 45.1 Å². The molecular weight excluding hydrogens is 340 g/mol. The number of hydrogen-bond acceptors (Lipinski definition) is 4. The topological polar surface area (TPSA) is 56.8 Å². The van der Waals surface area contributed by atoms with E-state index < -0.39 is 0 Å². The van der Waals surface area contributed by atoms with Crippen molar-refractivity contribution in [2.45, 2.75) is 52.1 Å². The molecule has 1 atom stereocenters. The third-order valence-electron chi connectivity index (χ3n) is 6.15. The molecule has 6 nitrogen and oxygen atoms in total. The number of nitrogens with zero attached hydrogens (tertiary/aromatic N) is 4. The largest absolute Gasteiger partial charge is 0.341 e. The van der Waals surface area contributed by atoms with Crippen molar-refractivity contribution in [1.82, 2.24) is 19.7 Å². The summed E-state index contributed by atoms with van der Waals surface area (Å²) in [6.45, 7) is 7.67. The molecule has 2 amide bonds. The van der Waals surface area contributed by atoms with Crippen LogP contribution in [0.15, 0.2) is 24.5 Å². The van der Waals surface area contributed by atoms with E-state index in [4.69, 9.17) is 0 Å². The van der Waals surface area contributed by atoms with Crippen molar-refractivity contribution in [3.8, 4) is 0 Å². The first kappa shape index (κ1) is 19.8. The Kier molecular flexibility index (Phi) is 6.15. The molecule has 2 saturated heterocycles. The minimum Gasteiger partial charge on any atom is -0.341 e. The van der Waals surface area contributed by atoms with Gasteiger partial charge in [-0.05, 0) is 57.9 Å². The van der Waals surface area contributed by atoms with Gasteiger partial charge < -0.3 is 9.80 Å². The quantitative estimate of drug-likeness (QED) is 0.795. The number of hydrogen-bond donors (Lipinski definition) is 0. The van der Waals surface area contributed by atoms with E-state index >= 15 is 0 Å². The van der Waals surface area contributed by atoms with E-state index in [2.05, 4.69) is 23.7 Å². The Morgan fingerprint density at radius 3 is 2.70 bits per heavy atom. The minimum absolute atomic E-state index is 0.0469. The molecule has 3 rings (SSSR count). The van der Waals surface area contributed by atoms with Crippen LogP contribution in [0.5, 0.6) is 0 Å². The molecule has 1 aromatic heterocycles. The number of rotatable bonds is 5. The maximum Gasteiger partial charge on any atom is 0.236 e. The first-order valence-electron chi connectivity index (χ1n) is 10.0. The van der Waals surface area contributed by atoms with Crippen LogP contribution in [0, 0.1) is 5.41 Å². The number of pyridine rings is 1. The summed E-state index contributed by atoms with van der Waals surface area (Å²) in [5.74, 6) is 0.434. The van der Waals surface area contributed by atoms with Gasteiger partial charge in [-0.1, -0.05) is 0 Å². The van der Waals surface area contributed by atoms with E-state index in [0.29, 0.717) is 25.6 Å². The first-order chi connectivity index (χ1) is 12.9. The van der Waals surface area contributed by atoms with Crippen LogP contribution in [0.4, 0.5) is 0 Å². The second-order valence-corrected chi connectivity index (χ2v) is 8.53. The van der Waals surface area contributed by atoms with Gasteiger partial charge in [-0.15, -0.1) is 0 Å². The molecule has 0 bridgehead atoms. The number of likely N-dealkylation sites (tertiary alicyclic amines) is 2. The third-order valence-corrected chi connectivity index (χ3v) is 6.15. The average molecular weight is 373 g/mol. The molecule has 148 valence electrons. The van der Waals surface area contributed by atoms with Crippen molar-refractivity contribution >= 4 is 11.8 Å². The average Bonchev–Trinajstić information content (AvgIpc) is 2.66. The molecule has 1 aromatic rings. The Morgan fingerprint density at radius 2 is 2.00 bits per heavy atom. The molecule has 0 aromatic carbocycles. The first-order valence-corrected chi connectivity index (χ1v) is 10.0. The molecular formula is C21H32N4O2. The van der Waals surface area contributed by atoms with Gasteiger partial charge in [0.15, 0.2) is 0 Å². The van der Waals surface area contributed by atoms with Crippen LogP contribution in [-0.2, 0) is 16.1 Å². The van der Waals surface area contributed by atoms with Crippen molar-refractivity contribution in [2.75, 3.05) is 33.2 Å². The molecule has 2 aliphatic heterocycles. The summed E-state index contributed by atoms with van der Waals surface area (Å²) in [6.07, 6.45) is 7.13. The normalized spacial score (nSPS) is 23.5. The zero-order chi connectivity index (χ0) is 19.4. The maximum atomic E-state index is 12.8. The summed E-state index contributed by atoms with van der Waals surface area (Å²) in [5.41, 5.74) is 1.16. The maximum absolute atomic E-state index is 12.8. The van der Waals surface area contributed by atoms with Gasteiger partial charge in [0, 0.05) is 56.5 Å². The van der Waals surface area contributed by atoms with E-state index in [9.17, 15) is 9.59 Å². The summed E-state index contributed by atoms with van der Waals surface area (Å²) in [6, 6.07) is 4.29. The smallest absolute Gasteiger partial charge is 0.236 e. The van der Waals surface area contributed by atoms with Crippen molar-refractivity contribution < 1.29 is 9.59 Å². The predicted octanol–water partition coefficient (Wildman–Crippen LogP) is 2.15. The number of amides is 2. The summed E-state index contributed by atoms with van der Waals surface area (Å²) in [5, 5.41) is 0. The fourth-order valence-corrected chi connectivity index (χ4v) is 4.20. The molecule has 0 aliphatic carbocycles. The van der Waals surface area contributed by atoms with Gasteiger partial charge in [0.1, 0.15) is 0 Å². The second-order valence-electron chi connectivity index (χ2n) is 8.53. The van der Waals surface area contributed by atoms with Crippen LogP contribution in [0.3, 0.4) is 0 Å². The predicted molar refractivity (Wildman–Crippen MR) is 105 cm³/mol. The third kappa shape index (κ3) is 4.86. The van der Waals surface area contributed by atoms with Crippen LogP contribution in [0.2, 0.25) is 0 Å². The molecule has 0 saturated carbocycles. The summed E-state index contributed by atoms with van der Waals surface area (Å²) < 4.78 is 0. The highest BCUT2D eigenvalue weighted by molar-refractivity contribution is 5.79. The van der Waals surface area contributed by atoms with E-state index in [-0.39, 0.29) is 17.2 Å². The van der Waals surface area contributed by atoms with E-state index in [0.717, 1.165) is 44.5 Å². The monoisotopic (exact) mass is 372 g/mol. The molecule has 6 heteroatoms. The fourth-order valence-electron chi connectivity index (χ4n) is 4.20. The standard InChI is InChI=1S/C21H32N4O2/c1-17(2)23(3)14-20(27)24-12-4-8-21(15-24)9-5-19(26)25(16-21)13-18-6-10-22-11-7-18/h6-7,10-11,17H,4-5,8-9,12-16H2,1-3H3/t21-/m0/s1. The van der Waals surface area contributed by atoms with Gasteiger partial charge >= 0.3 is 0 Å². The van der Waals surface area contributed by atoms with Gasteiger partial charge in [0.25, 0.3) is 0 Å². The van der Waals surface area contributed by atoms with Crippen molar-refractivity contribution in [3.63, 3.8) is 0 Å². The van der Waals surface area contributed by atoms with Crippen molar-refractivity contribution in [3.05, 3.63) is 30.1 Å². The van der Waals surface area contributed by atoms with Crippen LogP contribution in [0.25, 0.3) is 0 Å². The molecule has 2 fully saturated rings. The molecule has 0 unspecified atom stereocenters. The highest BCUT2D eigenvalue weighted by atomic mass is 16.2. The van der Waals surface area contributed by atoms with E-state index in [1.54, 1.807) is 12.4 Å². The number of aromatic nitrogens is 1. The summed E-state index contributed by atoms with van der Waals surface area (Å²) in [4.78, 5) is 35.4. The minimum atomic E-state index is 0.0469. The molecule has 0 N–H and O–H groups in total. The molecule has 27 heavy (non-hydrogen) atoms. The summed E-state index contributed by atoms with van der Waals surface area (Å²) in [7, 11) is 2.00. The lowest BCUT2D eigenvalue weighted by atomic mass is 9.73. The number of piperidine rings is 2. The van der Waals surface area contributed by atoms with Gasteiger partial charge in [-0.2, -0.15) is 0 Å². The Morgan fingerprint density at radius 1 is 1.26 bits per heavy atom. The highest BCUT2D eigenvalue weighted by Gasteiger charge is 2.42. The Balaban J connectivity index is 1.65. The molecule has 2 aliphatic rings. The Bertz CT molecular complexity index is 663. The second kappa shape index (κ2) is 8.38. The van der Waals surface area contributed by atoms with Crippen molar-refractivity contribution in [1.29, 1.82) is 0 Å². The van der Waals surface area contributed by atoms with Gasteiger partial charge in [0.05, 0.1) is 6.54 Å². The number of likely N-dealkylation sites (N-methyl/N-ethyl adjacent to an activating group) is 1. The lowest BCUT2D eigenvalue weighted by Crippen LogP contribution is -2.56. The molecule has 1 spiro atoms. The van der Waals surface area contributed by atoms with E-state index in [1.165, 1.54) is 0 Å². The van der Waals surface area contributed by atoms with Crippen LogP contribution < -0.4 is 0 Å². The van der Waals surface area contributed by atoms with Crippen molar-refractivity contribution in [2.24, 2.45) is 5.41 Å². The van der Waals surface area contributed by atoms with Gasteiger partial charge in [-0.3, -0.25) is 19.5 Å². The van der Waals surface area contributed by atoms with Crippen LogP contribution >= 0.6 is 0 Å². The zero-order valence-electron chi connectivity index (χ0n) is 16.9. The fraction of sp³-hybridized carbons (Fsp3) is 0.667. The van der Waals surface area contributed by atoms with Crippen LogP contribution in [-0.4, -0.2) is 70.8 Å². The lowest BCUT2D eigenvalue weighted by Gasteiger charge is -2.48. The summed E-state index contributed by atoms with van der Waals surface area (Å²) >= 11 is 0. The van der Waals surface area contributed by atoms with Gasteiger partial charge in [0.2, 0.25) is 11.8 Å². The zero-order valence-corrected chi connectivity index (χ0v) is 16.9. The van der Waals surface area contributed by atoms with E-state index in [1.807, 2.05) is 29.0 Å². The number of carbonyl (C=O) groups excluding carboxylic acids is 2. The number of carbonyl (C=O) groups is 2. The highest BCUT2D eigenvalue weighted by Crippen LogP contribution is 2.39. The van der Waals surface area contributed by atoms with Gasteiger partial charge in [-0.25, -0.2) is 0 Å². The lowest BCUT2D eigenvalue weighted by molar-refractivity contribution is -0.144. The molecule has 3 heterocycles. The Labute approximate surface area is 162 Å². The Hall–Kier alpha value is -1.95. The SMILES string of the molecule is CC(C)N(C)CC(=O)N1CCC[C@]2(CCC(=O)N(Cc3ccncc3)C2)C1.